The van der Waals surface area contributed by atoms with Crippen molar-refractivity contribution in [2.75, 3.05) is 25.0 Å². The molecule has 1 aliphatic rings. The predicted molar refractivity (Wildman–Crippen MR) is 85.5 cm³/mol. The normalized spacial score (nSPS) is 18.4. The summed E-state index contributed by atoms with van der Waals surface area (Å²) in [6.07, 6.45) is -3.55. The number of halogens is 4. The van der Waals surface area contributed by atoms with Gasteiger partial charge in [-0.2, -0.15) is 13.2 Å². The Kier molecular flexibility index (Phi) is 4.93. The highest BCUT2D eigenvalue weighted by atomic mass is 35.5. The minimum absolute atomic E-state index is 0.0155. The highest BCUT2D eigenvalue weighted by Gasteiger charge is 2.33. The average Bonchev–Trinajstić information content (AvgIpc) is 2.57. The lowest BCUT2D eigenvalue weighted by Crippen LogP contribution is -2.33. The van der Waals surface area contributed by atoms with Gasteiger partial charge in [0.1, 0.15) is 5.82 Å². The molecule has 0 bridgehead atoms. The van der Waals surface area contributed by atoms with Crippen LogP contribution in [-0.2, 0) is 10.9 Å². The van der Waals surface area contributed by atoms with Crippen molar-refractivity contribution in [3.8, 4) is 0 Å². The molecule has 1 fully saturated rings. The summed E-state index contributed by atoms with van der Waals surface area (Å²) in [5.41, 5.74) is 0.721. The van der Waals surface area contributed by atoms with E-state index in [1.807, 2.05) is 12.1 Å². The van der Waals surface area contributed by atoms with Crippen LogP contribution in [-0.4, -0.2) is 24.7 Å². The van der Waals surface area contributed by atoms with E-state index in [1.165, 1.54) is 0 Å². The van der Waals surface area contributed by atoms with Crippen molar-refractivity contribution in [2.45, 2.75) is 12.3 Å². The van der Waals surface area contributed by atoms with Crippen LogP contribution in [0.4, 0.5) is 24.7 Å². The molecule has 2 heterocycles. The zero-order valence-electron chi connectivity index (χ0n) is 12.5. The maximum Gasteiger partial charge on any atom is 0.418 e. The Hall–Kier alpha value is -1.83. The summed E-state index contributed by atoms with van der Waals surface area (Å²) in [6.45, 7) is 2.22. The molecule has 0 spiro atoms. The quantitative estimate of drug-likeness (QED) is 0.866. The highest BCUT2D eigenvalue weighted by molar-refractivity contribution is 6.31. The van der Waals surface area contributed by atoms with Gasteiger partial charge in [0.05, 0.1) is 23.3 Å². The molecule has 24 heavy (non-hydrogen) atoms. The van der Waals surface area contributed by atoms with Crippen LogP contribution >= 0.6 is 11.6 Å². The molecule has 0 aliphatic carbocycles. The Balaban J connectivity index is 1.74. The maximum absolute atomic E-state index is 12.9. The van der Waals surface area contributed by atoms with E-state index in [1.54, 1.807) is 12.1 Å². The van der Waals surface area contributed by atoms with Gasteiger partial charge in [-0.15, -0.1) is 0 Å². The molecule has 8 heteroatoms. The Morgan fingerprint density at radius 1 is 1.25 bits per heavy atom. The minimum Gasteiger partial charge on any atom is -0.371 e. The third-order valence-corrected chi connectivity index (χ3v) is 3.94. The molecular formula is C16H15ClF3N3O. The number of aromatic nitrogens is 1. The van der Waals surface area contributed by atoms with Gasteiger partial charge in [0.2, 0.25) is 0 Å². The zero-order valence-corrected chi connectivity index (χ0v) is 13.3. The fraction of sp³-hybridized carbons (Fsp3) is 0.312. The number of nitrogens with zero attached hydrogens (tertiary/aromatic N) is 1. The third-order valence-electron chi connectivity index (χ3n) is 3.64. The van der Waals surface area contributed by atoms with Gasteiger partial charge in [0.15, 0.2) is 0 Å². The number of hydrogen-bond acceptors (Lipinski definition) is 4. The number of alkyl halides is 3. The van der Waals surface area contributed by atoms with Crippen LogP contribution in [0.25, 0.3) is 0 Å². The maximum atomic E-state index is 12.9. The largest absolute Gasteiger partial charge is 0.418 e. The van der Waals surface area contributed by atoms with E-state index in [9.17, 15) is 13.2 Å². The molecule has 4 nitrogen and oxygen atoms in total. The molecule has 3 rings (SSSR count). The van der Waals surface area contributed by atoms with E-state index in [2.05, 4.69) is 15.6 Å². The molecule has 2 N–H and O–H groups in total. The number of anilines is 2. The van der Waals surface area contributed by atoms with Crippen LogP contribution in [0.1, 0.15) is 17.2 Å². The fourth-order valence-electron chi connectivity index (χ4n) is 2.43. The number of pyridine rings is 1. The van der Waals surface area contributed by atoms with Crippen LogP contribution in [0.2, 0.25) is 5.02 Å². The Morgan fingerprint density at radius 3 is 2.62 bits per heavy atom. The Morgan fingerprint density at radius 2 is 2.00 bits per heavy atom. The summed E-state index contributed by atoms with van der Waals surface area (Å²) >= 11 is 5.56. The zero-order chi connectivity index (χ0) is 17.2. The molecule has 0 unspecified atom stereocenters. The summed E-state index contributed by atoms with van der Waals surface area (Å²) in [4.78, 5) is 3.88. The smallest absolute Gasteiger partial charge is 0.371 e. The second kappa shape index (κ2) is 6.96. The SMILES string of the molecule is FC(F)(F)c1cc(Nc2ccc([C@H]3CNCCO3)cc2)ncc1Cl. The summed E-state index contributed by atoms with van der Waals surface area (Å²) in [5, 5.41) is 5.67. The van der Waals surface area contributed by atoms with Gasteiger partial charge in [0, 0.05) is 25.0 Å². The van der Waals surface area contributed by atoms with Crippen molar-refractivity contribution in [1.82, 2.24) is 10.3 Å². The van der Waals surface area contributed by atoms with Gasteiger partial charge in [-0.3, -0.25) is 0 Å². The van der Waals surface area contributed by atoms with E-state index >= 15 is 0 Å². The summed E-state index contributed by atoms with van der Waals surface area (Å²) < 4.78 is 44.3. The highest BCUT2D eigenvalue weighted by Crippen LogP contribution is 2.35. The first-order valence-electron chi connectivity index (χ1n) is 7.35. The van der Waals surface area contributed by atoms with Crippen molar-refractivity contribution in [2.24, 2.45) is 0 Å². The van der Waals surface area contributed by atoms with E-state index in [4.69, 9.17) is 16.3 Å². The van der Waals surface area contributed by atoms with Crippen molar-refractivity contribution >= 4 is 23.1 Å². The Labute approximate surface area is 142 Å². The summed E-state index contributed by atoms with van der Waals surface area (Å²) in [5.74, 6) is 0.0788. The molecule has 1 atom stereocenters. The lowest BCUT2D eigenvalue weighted by atomic mass is 10.1. The van der Waals surface area contributed by atoms with Crippen LogP contribution in [0.3, 0.4) is 0 Å². The van der Waals surface area contributed by atoms with Crippen LogP contribution in [0.5, 0.6) is 0 Å². The standard InChI is InChI=1S/C16H15ClF3N3O/c17-13-8-22-15(7-12(13)16(18,19)20)23-11-3-1-10(2-4-11)14-9-21-5-6-24-14/h1-4,7-8,14,21H,5-6,9H2,(H,22,23)/t14-/m1/s1. The van der Waals surface area contributed by atoms with Crippen molar-refractivity contribution in [1.29, 1.82) is 0 Å². The van der Waals surface area contributed by atoms with Crippen molar-refractivity contribution in [3.63, 3.8) is 0 Å². The predicted octanol–water partition coefficient (Wildman–Crippen LogP) is 4.16. The van der Waals surface area contributed by atoms with Gasteiger partial charge in [0.25, 0.3) is 0 Å². The van der Waals surface area contributed by atoms with E-state index < -0.39 is 16.8 Å². The lowest BCUT2D eigenvalue weighted by Gasteiger charge is -2.24. The monoisotopic (exact) mass is 357 g/mol. The molecule has 1 aromatic heterocycles. The fourth-order valence-corrected chi connectivity index (χ4v) is 2.64. The number of nitrogens with one attached hydrogen (secondary N) is 2. The molecule has 0 radical (unpaired) electrons. The van der Waals surface area contributed by atoms with Crippen LogP contribution in [0, 0.1) is 0 Å². The topological polar surface area (TPSA) is 46.2 Å². The molecule has 0 amide bonds. The number of hydrogen-bond donors (Lipinski definition) is 2. The molecule has 128 valence electrons. The summed E-state index contributed by atoms with van der Waals surface area (Å²) in [6, 6.07) is 8.19. The number of rotatable bonds is 3. The minimum atomic E-state index is -4.52. The first kappa shape index (κ1) is 17.0. The summed E-state index contributed by atoms with van der Waals surface area (Å²) in [7, 11) is 0. The van der Waals surface area contributed by atoms with Crippen LogP contribution in [0.15, 0.2) is 36.5 Å². The van der Waals surface area contributed by atoms with Crippen molar-refractivity contribution in [3.05, 3.63) is 52.7 Å². The molecule has 1 saturated heterocycles. The van der Waals surface area contributed by atoms with Crippen LogP contribution < -0.4 is 10.6 Å². The second-order valence-electron chi connectivity index (χ2n) is 5.36. The molecule has 1 aromatic carbocycles. The number of benzene rings is 1. The third kappa shape index (κ3) is 3.98. The Bertz CT molecular complexity index is 701. The van der Waals surface area contributed by atoms with Gasteiger partial charge in [-0.25, -0.2) is 4.98 Å². The van der Waals surface area contributed by atoms with Gasteiger partial charge >= 0.3 is 6.18 Å². The van der Waals surface area contributed by atoms with E-state index in [-0.39, 0.29) is 11.9 Å². The second-order valence-corrected chi connectivity index (χ2v) is 5.76. The first-order chi connectivity index (χ1) is 11.4. The average molecular weight is 358 g/mol. The number of morpholine rings is 1. The van der Waals surface area contributed by atoms with E-state index in [0.717, 1.165) is 30.9 Å². The molecule has 0 saturated carbocycles. The molecule has 2 aromatic rings. The first-order valence-corrected chi connectivity index (χ1v) is 7.73. The van der Waals surface area contributed by atoms with Gasteiger partial charge < -0.3 is 15.4 Å². The van der Waals surface area contributed by atoms with E-state index in [0.29, 0.717) is 12.3 Å². The van der Waals surface area contributed by atoms with Crippen molar-refractivity contribution < 1.29 is 17.9 Å². The molecular weight excluding hydrogens is 343 g/mol. The number of ether oxygens (including phenoxy) is 1. The van der Waals surface area contributed by atoms with Gasteiger partial charge in [-0.1, -0.05) is 23.7 Å². The van der Waals surface area contributed by atoms with Gasteiger partial charge in [-0.05, 0) is 23.8 Å². The lowest BCUT2D eigenvalue weighted by molar-refractivity contribution is -0.137. The molecule has 1 aliphatic heterocycles.